The summed E-state index contributed by atoms with van der Waals surface area (Å²) in [4.78, 5) is 55.3. The number of anilines is 2. The zero-order chi connectivity index (χ0) is 27.8. The Balaban J connectivity index is 1.17. The third-order valence-corrected chi connectivity index (χ3v) is 8.24. The molecule has 3 amide bonds. The molecule has 6 rings (SSSR count). The van der Waals surface area contributed by atoms with Crippen molar-refractivity contribution in [1.82, 2.24) is 19.0 Å². The van der Waals surface area contributed by atoms with E-state index in [9.17, 15) is 19.2 Å². The summed E-state index contributed by atoms with van der Waals surface area (Å²) < 4.78 is 3.46. The topological polar surface area (TPSA) is 121 Å². The summed E-state index contributed by atoms with van der Waals surface area (Å²) in [5.41, 5.74) is 6.65. The molecule has 1 spiro atoms. The number of nitrogens with zero attached hydrogens (tertiary/aromatic N) is 3. The number of likely N-dealkylation sites (tertiary alicyclic amines) is 1. The van der Waals surface area contributed by atoms with Gasteiger partial charge in [0.05, 0.1) is 17.1 Å². The van der Waals surface area contributed by atoms with Gasteiger partial charge in [-0.15, -0.1) is 0 Å². The number of rotatable bonds is 5. The number of nitrogens with one attached hydrogen (secondary N) is 3. The molecule has 200 valence electrons. The second-order valence-corrected chi connectivity index (χ2v) is 10.8. The van der Waals surface area contributed by atoms with Gasteiger partial charge in [-0.1, -0.05) is 0 Å². The molecule has 1 aliphatic heterocycles. The van der Waals surface area contributed by atoms with Gasteiger partial charge in [-0.25, -0.2) is 0 Å². The van der Waals surface area contributed by atoms with Crippen molar-refractivity contribution in [2.45, 2.75) is 32.6 Å². The molecule has 1 saturated carbocycles. The summed E-state index contributed by atoms with van der Waals surface area (Å²) in [6.07, 6.45) is 9.26. The van der Waals surface area contributed by atoms with Crippen molar-refractivity contribution in [3.05, 3.63) is 76.3 Å². The summed E-state index contributed by atoms with van der Waals surface area (Å²) in [5.74, 6) is -0.469. The number of aryl methyl sites for hydroxylation is 3. The predicted octanol–water partition coefficient (Wildman–Crippen LogP) is 3.41. The molecule has 2 atom stereocenters. The Bertz CT molecular complexity index is 1660. The highest BCUT2D eigenvalue weighted by molar-refractivity contribution is 6.09. The second kappa shape index (κ2) is 8.45. The Hall–Kier alpha value is -4.60. The Morgan fingerprint density at radius 2 is 1.79 bits per heavy atom. The van der Waals surface area contributed by atoms with Gasteiger partial charge in [-0.3, -0.25) is 19.2 Å². The lowest BCUT2D eigenvalue weighted by Gasteiger charge is -2.27. The average Bonchev–Trinajstić information content (AvgIpc) is 3.12. The van der Waals surface area contributed by atoms with Gasteiger partial charge in [0.15, 0.2) is 0 Å². The van der Waals surface area contributed by atoms with E-state index in [-0.39, 0.29) is 28.9 Å². The number of ketones is 1. The minimum absolute atomic E-state index is 0.0820. The highest BCUT2D eigenvalue weighted by Gasteiger charge is 2.68. The smallest absolute Gasteiger partial charge is 0.272 e. The van der Waals surface area contributed by atoms with E-state index in [0.29, 0.717) is 35.2 Å². The molecule has 4 heterocycles. The normalized spacial score (nSPS) is 20.9. The fourth-order valence-electron chi connectivity index (χ4n) is 6.25. The molecule has 3 N–H and O–H groups in total. The number of fused-ring (bicyclic) bond motifs is 1. The zero-order valence-electron chi connectivity index (χ0n) is 22.5. The number of H-pyrrole nitrogens is 1. The second-order valence-electron chi connectivity index (χ2n) is 10.8. The van der Waals surface area contributed by atoms with Gasteiger partial charge in [0, 0.05) is 74.6 Å². The Morgan fingerprint density at radius 1 is 1.08 bits per heavy atom. The number of aromatic nitrogens is 3. The lowest BCUT2D eigenvalue weighted by molar-refractivity contribution is -0.124. The van der Waals surface area contributed by atoms with Gasteiger partial charge in [0.1, 0.15) is 5.69 Å². The van der Waals surface area contributed by atoms with Crippen LogP contribution < -0.4 is 10.6 Å². The molecule has 1 saturated heterocycles. The van der Waals surface area contributed by atoms with Crippen LogP contribution in [-0.2, 0) is 29.1 Å². The van der Waals surface area contributed by atoms with E-state index in [2.05, 4.69) is 15.6 Å². The van der Waals surface area contributed by atoms with E-state index in [1.54, 1.807) is 53.2 Å². The van der Waals surface area contributed by atoms with Gasteiger partial charge in [0.25, 0.3) is 11.8 Å². The number of amides is 3. The van der Waals surface area contributed by atoms with Crippen LogP contribution in [0.15, 0.2) is 42.4 Å². The van der Waals surface area contributed by atoms with Crippen LogP contribution in [0.25, 0.3) is 6.08 Å². The molecule has 3 aliphatic rings. The minimum Gasteiger partial charge on any atom is -0.355 e. The van der Waals surface area contributed by atoms with Crippen LogP contribution in [0.5, 0.6) is 0 Å². The Morgan fingerprint density at radius 3 is 2.54 bits per heavy atom. The maximum atomic E-state index is 13.3. The van der Waals surface area contributed by atoms with Crippen molar-refractivity contribution in [2.24, 2.45) is 20.0 Å². The van der Waals surface area contributed by atoms with Crippen LogP contribution in [-0.4, -0.2) is 49.1 Å². The quantitative estimate of drug-likeness (QED) is 0.441. The van der Waals surface area contributed by atoms with Gasteiger partial charge < -0.3 is 29.7 Å². The number of hydrogen-bond acceptors (Lipinski definition) is 4. The van der Waals surface area contributed by atoms with Crippen LogP contribution >= 0.6 is 0 Å². The van der Waals surface area contributed by atoms with E-state index in [1.165, 1.54) is 13.0 Å². The van der Waals surface area contributed by atoms with E-state index < -0.39 is 0 Å². The molecule has 3 aromatic rings. The molecule has 2 unspecified atom stereocenters. The van der Waals surface area contributed by atoms with Crippen molar-refractivity contribution in [1.29, 1.82) is 0 Å². The first-order valence-electron chi connectivity index (χ1n) is 12.9. The molecule has 2 aliphatic carbocycles. The SMILES string of the molecule is CC(=O)Nc1cc(C(=O)Nc2cc(/C=C/C(=O)N3CC4CC45C3=CC(=O)c3[nH]c(C)c(C)c35)n(C)c2)n(C)c1. The maximum absolute atomic E-state index is 13.3. The molecule has 0 bridgehead atoms. The maximum Gasteiger partial charge on any atom is 0.272 e. The third kappa shape index (κ3) is 3.77. The summed E-state index contributed by atoms with van der Waals surface area (Å²) in [6, 6.07) is 3.39. The first-order chi connectivity index (χ1) is 18.5. The molecular formula is C29H30N6O4. The predicted molar refractivity (Wildman–Crippen MR) is 146 cm³/mol. The monoisotopic (exact) mass is 526 g/mol. The molecule has 10 heteroatoms. The number of carbonyl (C=O) groups excluding carboxylic acids is 4. The average molecular weight is 527 g/mol. The highest BCUT2D eigenvalue weighted by Crippen LogP contribution is 2.67. The summed E-state index contributed by atoms with van der Waals surface area (Å²) >= 11 is 0. The third-order valence-electron chi connectivity index (χ3n) is 8.24. The summed E-state index contributed by atoms with van der Waals surface area (Å²) in [5, 5.41) is 5.54. The lowest BCUT2D eigenvalue weighted by Crippen LogP contribution is -2.32. The summed E-state index contributed by atoms with van der Waals surface area (Å²) in [6.45, 7) is 6.03. The number of hydrogen-bond donors (Lipinski definition) is 3. The van der Waals surface area contributed by atoms with Crippen LogP contribution in [0.3, 0.4) is 0 Å². The van der Waals surface area contributed by atoms with Crippen molar-refractivity contribution < 1.29 is 19.2 Å². The van der Waals surface area contributed by atoms with Gasteiger partial charge in [0.2, 0.25) is 11.7 Å². The van der Waals surface area contributed by atoms with Crippen LogP contribution in [0.1, 0.15) is 56.8 Å². The molecule has 0 radical (unpaired) electrons. The molecule has 3 aromatic heterocycles. The molecule has 10 nitrogen and oxygen atoms in total. The first-order valence-corrected chi connectivity index (χ1v) is 12.9. The zero-order valence-corrected chi connectivity index (χ0v) is 22.5. The van der Waals surface area contributed by atoms with E-state index in [0.717, 1.165) is 34.6 Å². The standard InChI is InChI=1S/C29H30N6O4/c1-15-16(2)30-27-23(37)10-24-29(26(15)27)11-18(29)12-35(24)25(38)7-6-21-8-19(13-33(21)4)32-28(39)22-9-20(14-34(22)5)31-17(3)36/h6-10,13-14,18,30H,11-12H2,1-5H3,(H,31,36)(H,32,39)/b7-6+. The fourth-order valence-corrected chi connectivity index (χ4v) is 6.25. The fraction of sp³-hybridized carbons (Fsp3) is 0.310. The largest absolute Gasteiger partial charge is 0.355 e. The molecule has 0 aromatic carbocycles. The van der Waals surface area contributed by atoms with Crippen molar-refractivity contribution in [2.75, 3.05) is 17.2 Å². The number of piperidine rings is 1. The number of aromatic amines is 1. The van der Waals surface area contributed by atoms with Crippen LogP contribution in [0.4, 0.5) is 11.4 Å². The minimum atomic E-state index is -0.323. The Labute approximate surface area is 225 Å². The van der Waals surface area contributed by atoms with Crippen molar-refractivity contribution >= 4 is 41.0 Å². The number of allylic oxidation sites excluding steroid dienone is 2. The van der Waals surface area contributed by atoms with E-state index in [1.807, 2.05) is 25.5 Å². The lowest BCUT2D eigenvalue weighted by atomic mass is 9.83. The summed E-state index contributed by atoms with van der Waals surface area (Å²) in [7, 11) is 3.56. The van der Waals surface area contributed by atoms with E-state index >= 15 is 0 Å². The molecular weight excluding hydrogens is 496 g/mol. The Kier molecular flexibility index (Phi) is 5.36. The van der Waals surface area contributed by atoms with Crippen LogP contribution in [0, 0.1) is 19.8 Å². The molecule has 39 heavy (non-hydrogen) atoms. The van der Waals surface area contributed by atoms with Gasteiger partial charge in [-0.2, -0.15) is 0 Å². The van der Waals surface area contributed by atoms with Crippen molar-refractivity contribution in [3.8, 4) is 0 Å². The van der Waals surface area contributed by atoms with Gasteiger partial charge in [-0.05, 0) is 55.5 Å². The van der Waals surface area contributed by atoms with Crippen molar-refractivity contribution in [3.63, 3.8) is 0 Å². The first kappa shape index (κ1) is 24.7. The highest BCUT2D eigenvalue weighted by atomic mass is 16.2. The molecule has 2 fully saturated rings. The van der Waals surface area contributed by atoms with Gasteiger partial charge >= 0.3 is 0 Å². The van der Waals surface area contributed by atoms with E-state index in [4.69, 9.17) is 0 Å². The number of carbonyl (C=O) groups is 4. The van der Waals surface area contributed by atoms with Crippen LogP contribution in [0.2, 0.25) is 0 Å².